The van der Waals surface area contributed by atoms with Crippen molar-refractivity contribution in [2.75, 3.05) is 12.9 Å². The summed E-state index contributed by atoms with van der Waals surface area (Å²) < 4.78 is 41.2. The number of Topliss-reactive ketones (excluding diaryl/α,β-unsaturated/α-hetero) is 1. The maximum Gasteiger partial charge on any atom is 0.288 e. The molecule has 0 aromatic heterocycles. The summed E-state index contributed by atoms with van der Waals surface area (Å²) in [6, 6.07) is 10.7. The molecule has 0 saturated heterocycles. The maximum atomic E-state index is 13.5. The first kappa shape index (κ1) is 21.4. The fraction of sp³-hybridized carbons (Fsp3) is 0.300. The minimum absolute atomic E-state index is 0.0677. The molecule has 0 saturated carbocycles. The number of carbonyl (C=O) groups is 2. The monoisotopic (exact) mass is 439 g/mol. The molecule has 0 bridgehead atoms. The highest BCUT2D eigenvalue weighted by atomic mass is 35.5. The average molecular weight is 440 g/mol. The summed E-state index contributed by atoms with van der Waals surface area (Å²) in [5.74, 6) is -2.57. The Labute approximate surface area is 173 Å². The molecule has 0 fully saturated rings. The van der Waals surface area contributed by atoms with Gasteiger partial charge in [-0.3, -0.25) is 13.8 Å². The van der Waals surface area contributed by atoms with Gasteiger partial charge >= 0.3 is 0 Å². The van der Waals surface area contributed by atoms with E-state index in [1.807, 2.05) is 18.2 Å². The van der Waals surface area contributed by atoms with E-state index in [0.717, 1.165) is 23.4 Å². The van der Waals surface area contributed by atoms with Gasteiger partial charge in [0.2, 0.25) is 5.78 Å². The van der Waals surface area contributed by atoms with Crippen molar-refractivity contribution in [3.05, 3.63) is 70.0 Å². The van der Waals surface area contributed by atoms with E-state index < -0.39 is 33.7 Å². The van der Waals surface area contributed by atoms with Crippen molar-refractivity contribution >= 4 is 33.4 Å². The van der Waals surface area contributed by atoms with Crippen molar-refractivity contribution in [2.24, 2.45) is 5.92 Å². The third-order valence-corrected chi connectivity index (χ3v) is 5.60. The molecule has 154 valence electrons. The molecule has 2 aromatic carbocycles. The quantitative estimate of drug-likeness (QED) is 0.529. The second-order valence-electron chi connectivity index (χ2n) is 6.95. The Morgan fingerprint density at radius 3 is 2.66 bits per heavy atom. The first-order valence-electron chi connectivity index (χ1n) is 8.84. The summed E-state index contributed by atoms with van der Waals surface area (Å²) >= 11 is 5.62. The Morgan fingerprint density at radius 1 is 1.24 bits per heavy atom. The molecule has 0 heterocycles. The molecule has 6 nitrogen and oxygen atoms in total. The number of fused-ring (bicyclic) bond motifs is 1. The van der Waals surface area contributed by atoms with E-state index in [9.17, 15) is 22.4 Å². The lowest BCUT2D eigenvalue weighted by Crippen LogP contribution is -2.38. The van der Waals surface area contributed by atoms with Crippen LogP contribution in [-0.2, 0) is 36.7 Å². The Balaban J connectivity index is 1.73. The van der Waals surface area contributed by atoms with Gasteiger partial charge in [-0.05, 0) is 35.2 Å². The molecule has 2 aromatic rings. The standard InChI is InChI=1S/C20H19ClFNO5S/c1-29(26,27)28-11-14-10-13-4-2-3-5-15(13)19(14)23-20(25)18(24)9-12-6-7-16(21)17(22)8-12/h2-8,14,19H,9-11H2,1H3,(H,23,25)/t14-,19-/m1/s1. The molecule has 0 spiro atoms. The van der Waals surface area contributed by atoms with Gasteiger partial charge in [-0.2, -0.15) is 8.42 Å². The summed E-state index contributed by atoms with van der Waals surface area (Å²) in [4.78, 5) is 24.8. The van der Waals surface area contributed by atoms with Crippen LogP contribution in [0, 0.1) is 11.7 Å². The molecule has 3 rings (SSSR count). The molecule has 0 radical (unpaired) electrons. The number of benzene rings is 2. The molecule has 1 amide bonds. The van der Waals surface area contributed by atoms with Crippen molar-refractivity contribution < 1.29 is 26.6 Å². The van der Waals surface area contributed by atoms with Gasteiger partial charge in [-0.25, -0.2) is 4.39 Å². The third kappa shape index (κ3) is 5.41. The zero-order valence-electron chi connectivity index (χ0n) is 15.5. The van der Waals surface area contributed by atoms with Gasteiger partial charge in [0.25, 0.3) is 16.0 Å². The molecule has 0 aliphatic heterocycles. The number of hydrogen-bond acceptors (Lipinski definition) is 5. The Hall–Kier alpha value is -2.29. The molecule has 9 heteroatoms. The molecule has 1 aliphatic carbocycles. The number of amides is 1. The van der Waals surface area contributed by atoms with Crippen LogP contribution in [0.25, 0.3) is 0 Å². The van der Waals surface area contributed by atoms with Crippen LogP contribution in [-0.4, -0.2) is 33.0 Å². The topological polar surface area (TPSA) is 89.5 Å². The van der Waals surface area contributed by atoms with Crippen LogP contribution in [0.2, 0.25) is 5.02 Å². The fourth-order valence-corrected chi connectivity index (χ4v) is 3.92. The lowest BCUT2D eigenvalue weighted by Gasteiger charge is -2.21. The number of nitrogens with one attached hydrogen (secondary N) is 1. The second-order valence-corrected chi connectivity index (χ2v) is 9.00. The van der Waals surface area contributed by atoms with Gasteiger partial charge in [-0.15, -0.1) is 0 Å². The van der Waals surface area contributed by atoms with Crippen LogP contribution >= 0.6 is 11.6 Å². The molecular weight excluding hydrogens is 421 g/mol. The number of carbonyl (C=O) groups excluding carboxylic acids is 2. The largest absolute Gasteiger partial charge is 0.342 e. The van der Waals surface area contributed by atoms with E-state index in [2.05, 4.69) is 5.32 Å². The van der Waals surface area contributed by atoms with Gasteiger partial charge < -0.3 is 5.32 Å². The van der Waals surface area contributed by atoms with E-state index in [1.54, 1.807) is 6.07 Å². The molecular formula is C20H19ClFNO5S. The zero-order valence-corrected chi connectivity index (χ0v) is 17.1. The van der Waals surface area contributed by atoms with E-state index in [1.165, 1.54) is 12.1 Å². The first-order valence-corrected chi connectivity index (χ1v) is 11.0. The summed E-state index contributed by atoms with van der Waals surface area (Å²) in [5, 5.41) is 2.62. The molecule has 2 atom stereocenters. The highest BCUT2D eigenvalue weighted by Crippen LogP contribution is 2.36. The number of hydrogen-bond donors (Lipinski definition) is 1. The summed E-state index contributed by atoms with van der Waals surface area (Å²) in [7, 11) is -3.64. The molecule has 1 aliphatic rings. The smallest absolute Gasteiger partial charge is 0.288 e. The van der Waals surface area contributed by atoms with Gasteiger partial charge in [0, 0.05) is 12.3 Å². The second kappa shape index (κ2) is 8.61. The predicted molar refractivity (Wildman–Crippen MR) is 105 cm³/mol. The minimum Gasteiger partial charge on any atom is -0.342 e. The van der Waals surface area contributed by atoms with Crippen LogP contribution in [0.5, 0.6) is 0 Å². The van der Waals surface area contributed by atoms with Crippen LogP contribution < -0.4 is 5.32 Å². The lowest BCUT2D eigenvalue weighted by atomic mass is 10.0. The summed E-state index contributed by atoms with van der Waals surface area (Å²) in [5.41, 5.74) is 2.09. The number of ketones is 1. The Morgan fingerprint density at radius 2 is 1.97 bits per heavy atom. The highest BCUT2D eigenvalue weighted by molar-refractivity contribution is 7.85. The van der Waals surface area contributed by atoms with E-state index in [0.29, 0.717) is 12.0 Å². The summed E-state index contributed by atoms with van der Waals surface area (Å²) in [6.45, 7) is -0.116. The van der Waals surface area contributed by atoms with Crippen molar-refractivity contribution in [1.29, 1.82) is 0 Å². The van der Waals surface area contributed by atoms with Gasteiger partial charge in [0.05, 0.1) is 23.9 Å². The van der Waals surface area contributed by atoms with E-state index in [4.69, 9.17) is 15.8 Å². The van der Waals surface area contributed by atoms with Crippen molar-refractivity contribution in [3.8, 4) is 0 Å². The zero-order chi connectivity index (χ0) is 21.2. The predicted octanol–water partition coefficient (Wildman–Crippen LogP) is 2.60. The number of halogens is 2. The first-order chi connectivity index (χ1) is 13.6. The number of rotatable bonds is 7. The lowest BCUT2D eigenvalue weighted by molar-refractivity contribution is -0.138. The van der Waals surface area contributed by atoms with Gasteiger partial charge in [-0.1, -0.05) is 41.9 Å². The average Bonchev–Trinajstić information content (AvgIpc) is 3.00. The van der Waals surface area contributed by atoms with E-state index in [-0.39, 0.29) is 24.0 Å². The van der Waals surface area contributed by atoms with Crippen LogP contribution in [0.1, 0.15) is 22.7 Å². The van der Waals surface area contributed by atoms with Crippen molar-refractivity contribution in [1.82, 2.24) is 5.32 Å². The SMILES string of the molecule is CS(=O)(=O)OC[C@H]1Cc2ccccc2[C@@H]1NC(=O)C(=O)Cc1ccc(Cl)c(F)c1. The van der Waals surface area contributed by atoms with Gasteiger partial charge in [0.15, 0.2) is 0 Å². The fourth-order valence-electron chi connectivity index (χ4n) is 3.38. The Kier molecular flexibility index (Phi) is 6.36. The van der Waals surface area contributed by atoms with Crippen molar-refractivity contribution in [2.45, 2.75) is 18.9 Å². The third-order valence-electron chi connectivity index (χ3n) is 4.73. The van der Waals surface area contributed by atoms with Crippen LogP contribution in [0.3, 0.4) is 0 Å². The molecule has 29 heavy (non-hydrogen) atoms. The maximum absolute atomic E-state index is 13.5. The molecule has 0 unspecified atom stereocenters. The summed E-state index contributed by atoms with van der Waals surface area (Å²) in [6.07, 6.45) is 1.18. The minimum atomic E-state index is -3.64. The van der Waals surface area contributed by atoms with E-state index >= 15 is 0 Å². The van der Waals surface area contributed by atoms with Gasteiger partial charge in [0.1, 0.15) is 5.82 Å². The van der Waals surface area contributed by atoms with Crippen LogP contribution in [0.15, 0.2) is 42.5 Å². The Bertz CT molecular complexity index is 1060. The van der Waals surface area contributed by atoms with Crippen molar-refractivity contribution in [3.63, 3.8) is 0 Å². The molecule has 1 N–H and O–H groups in total. The van der Waals surface area contributed by atoms with Crippen LogP contribution in [0.4, 0.5) is 4.39 Å². The highest BCUT2D eigenvalue weighted by Gasteiger charge is 2.35. The normalized spacial score (nSPS) is 18.3.